The third kappa shape index (κ3) is 2.73. The Morgan fingerprint density at radius 1 is 1.19 bits per heavy atom. The average Bonchev–Trinajstić information content (AvgIpc) is 3.17. The lowest BCUT2D eigenvalue weighted by Crippen LogP contribution is -2.29. The number of H-pyrrole nitrogens is 1. The molecule has 138 valence electrons. The van der Waals surface area contributed by atoms with Gasteiger partial charge in [-0.3, -0.25) is 14.8 Å². The Labute approximate surface area is 157 Å². The van der Waals surface area contributed by atoms with Crippen LogP contribution < -0.4 is 9.64 Å². The second kappa shape index (κ2) is 6.46. The molecular weight excluding hydrogens is 342 g/mol. The quantitative estimate of drug-likeness (QED) is 0.737. The number of nitrogens with zero attached hydrogens (tertiary/aromatic N) is 2. The highest BCUT2D eigenvalue weighted by molar-refractivity contribution is 6.10. The maximum atomic E-state index is 13.1. The van der Waals surface area contributed by atoms with E-state index in [9.17, 15) is 9.90 Å². The molecule has 6 heteroatoms. The van der Waals surface area contributed by atoms with Crippen LogP contribution in [-0.2, 0) is 0 Å². The van der Waals surface area contributed by atoms with Crippen molar-refractivity contribution in [2.45, 2.75) is 26.8 Å². The SMILES string of the molecule is CCOc1cc([C@H]2c3c(n[nH]c3C)C(=O)N2c2ccc(C)cc2)ccc1O. The number of aryl methyl sites for hydroxylation is 2. The summed E-state index contributed by atoms with van der Waals surface area (Å²) in [5.41, 5.74) is 4.93. The first-order valence-corrected chi connectivity index (χ1v) is 8.92. The number of aromatic nitrogens is 2. The number of hydrogen-bond acceptors (Lipinski definition) is 4. The van der Waals surface area contributed by atoms with Crippen LogP contribution >= 0.6 is 0 Å². The molecule has 1 aromatic heterocycles. The minimum Gasteiger partial charge on any atom is -0.504 e. The van der Waals surface area contributed by atoms with Crippen molar-refractivity contribution >= 4 is 11.6 Å². The lowest BCUT2D eigenvalue weighted by atomic mass is 9.98. The minimum absolute atomic E-state index is 0.0796. The van der Waals surface area contributed by atoms with E-state index in [4.69, 9.17) is 4.74 Å². The van der Waals surface area contributed by atoms with Gasteiger partial charge in [-0.15, -0.1) is 0 Å². The van der Waals surface area contributed by atoms with Crippen LogP contribution in [0.4, 0.5) is 5.69 Å². The highest BCUT2D eigenvalue weighted by Gasteiger charge is 2.42. The van der Waals surface area contributed by atoms with E-state index in [0.717, 1.165) is 28.1 Å². The smallest absolute Gasteiger partial charge is 0.279 e. The molecule has 1 aliphatic rings. The lowest BCUT2D eigenvalue weighted by Gasteiger charge is -2.27. The molecule has 0 radical (unpaired) electrons. The molecule has 2 heterocycles. The van der Waals surface area contributed by atoms with Gasteiger partial charge in [-0.1, -0.05) is 23.8 Å². The van der Waals surface area contributed by atoms with Crippen LogP contribution in [0.1, 0.15) is 45.8 Å². The second-order valence-electron chi connectivity index (χ2n) is 6.68. The number of amides is 1. The summed E-state index contributed by atoms with van der Waals surface area (Å²) in [6, 6.07) is 12.7. The molecule has 0 aliphatic carbocycles. The van der Waals surface area contributed by atoms with Crippen molar-refractivity contribution in [3.63, 3.8) is 0 Å². The number of ether oxygens (including phenoxy) is 1. The first kappa shape index (κ1) is 17.1. The average molecular weight is 363 g/mol. The zero-order valence-electron chi connectivity index (χ0n) is 15.5. The number of hydrogen-bond donors (Lipinski definition) is 2. The van der Waals surface area contributed by atoms with Gasteiger partial charge in [0.05, 0.1) is 12.6 Å². The summed E-state index contributed by atoms with van der Waals surface area (Å²) in [7, 11) is 0. The molecule has 2 aromatic carbocycles. The van der Waals surface area contributed by atoms with Crippen LogP contribution in [0, 0.1) is 13.8 Å². The molecule has 0 spiro atoms. The number of nitrogens with one attached hydrogen (secondary N) is 1. The monoisotopic (exact) mass is 363 g/mol. The minimum atomic E-state index is -0.339. The topological polar surface area (TPSA) is 78.5 Å². The van der Waals surface area contributed by atoms with E-state index >= 15 is 0 Å². The second-order valence-corrected chi connectivity index (χ2v) is 6.68. The summed E-state index contributed by atoms with van der Waals surface area (Å²) >= 11 is 0. The van der Waals surface area contributed by atoms with Gasteiger partial charge in [-0.2, -0.15) is 5.10 Å². The molecule has 0 bridgehead atoms. The van der Waals surface area contributed by atoms with Crippen LogP contribution in [0.15, 0.2) is 42.5 Å². The predicted octanol–water partition coefficient (Wildman–Crippen LogP) is 3.88. The molecule has 27 heavy (non-hydrogen) atoms. The van der Waals surface area contributed by atoms with Crippen LogP contribution in [0.5, 0.6) is 11.5 Å². The van der Waals surface area contributed by atoms with Gasteiger partial charge >= 0.3 is 0 Å². The number of fused-ring (bicyclic) bond motifs is 1. The molecule has 2 N–H and O–H groups in total. The Balaban J connectivity index is 1.88. The first-order chi connectivity index (χ1) is 13.0. The molecule has 4 rings (SSSR count). The fourth-order valence-electron chi connectivity index (χ4n) is 3.56. The fraction of sp³-hybridized carbons (Fsp3) is 0.238. The lowest BCUT2D eigenvalue weighted by molar-refractivity contribution is 0.0988. The van der Waals surface area contributed by atoms with E-state index in [0.29, 0.717) is 18.1 Å². The number of phenolic OH excluding ortho intramolecular Hbond substituents is 1. The fourth-order valence-corrected chi connectivity index (χ4v) is 3.56. The molecule has 0 unspecified atom stereocenters. The van der Waals surface area contributed by atoms with Crippen molar-refractivity contribution in [1.29, 1.82) is 0 Å². The molecule has 6 nitrogen and oxygen atoms in total. The van der Waals surface area contributed by atoms with Crippen LogP contribution in [0.3, 0.4) is 0 Å². The summed E-state index contributed by atoms with van der Waals surface area (Å²) < 4.78 is 5.54. The summed E-state index contributed by atoms with van der Waals surface area (Å²) in [6.45, 7) is 6.23. The molecule has 1 aliphatic heterocycles. The highest BCUT2D eigenvalue weighted by atomic mass is 16.5. The van der Waals surface area contributed by atoms with Crippen molar-refractivity contribution in [1.82, 2.24) is 10.2 Å². The number of carbonyl (C=O) groups excluding carboxylic acids is 1. The van der Waals surface area contributed by atoms with Gasteiger partial charge in [0.1, 0.15) is 0 Å². The number of aromatic amines is 1. The van der Waals surface area contributed by atoms with Crippen molar-refractivity contribution < 1.29 is 14.6 Å². The van der Waals surface area contributed by atoms with Crippen LogP contribution in [0.2, 0.25) is 0 Å². The van der Waals surface area contributed by atoms with Crippen LogP contribution in [-0.4, -0.2) is 27.8 Å². The van der Waals surface area contributed by atoms with Gasteiger partial charge in [0.25, 0.3) is 5.91 Å². The maximum Gasteiger partial charge on any atom is 0.279 e. The largest absolute Gasteiger partial charge is 0.504 e. The number of carbonyl (C=O) groups is 1. The normalized spacial score (nSPS) is 15.9. The first-order valence-electron chi connectivity index (χ1n) is 8.92. The molecular formula is C21H21N3O3. The van der Waals surface area contributed by atoms with E-state index < -0.39 is 0 Å². The van der Waals surface area contributed by atoms with E-state index in [-0.39, 0.29) is 17.7 Å². The number of aromatic hydroxyl groups is 1. The zero-order valence-corrected chi connectivity index (χ0v) is 15.5. The van der Waals surface area contributed by atoms with Gasteiger partial charge in [-0.25, -0.2) is 0 Å². The Kier molecular flexibility index (Phi) is 4.11. The molecule has 1 atom stereocenters. The Morgan fingerprint density at radius 3 is 2.63 bits per heavy atom. The summed E-state index contributed by atoms with van der Waals surface area (Å²) in [5, 5.41) is 17.2. The van der Waals surface area contributed by atoms with Crippen molar-refractivity contribution in [3.05, 3.63) is 70.5 Å². The van der Waals surface area contributed by atoms with E-state index in [2.05, 4.69) is 10.2 Å². The third-order valence-electron chi connectivity index (χ3n) is 4.86. The maximum absolute atomic E-state index is 13.1. The van der Waals surface area contributed by atoms with Crippen molar-refractivity contribution in [2.24, 2.45) is 0 Å². The Bertz CT molecular complexity index is 1010. The Hall–Kier alpha value is -3.28. The third-order valence-corrected chi connectivity index (χ3v) is 4.86. The number of benzene rings is 2. The predicted molar refractivity (Wildman–Crippen MR) is 102 cm³/mol. The highest BCUT2D eigenvalue weighted by Crippen LogP contribution is 2.44. The van der Waals surface area contributed by atoms with Gasteiger partial charge < -0.3 is 9.84 Å². The van der Waals surface area contributed by atoms with E-state index in [1.54, 1.807) is 17.0 Å². The number of anilines is 1. The van der Waals surface area contributed by atoms with Crippen molar-refractivity contribution in [2.75, 3.05) is 11.5 Å². The number of rotatable bonds is 4. The molecule has 0 saturated heterocycles. The van der Waals surface area contributed by atoms with E-state index in [1.165, 1.54) is 0 Å². The zero-order chi connectivity index (χ0) is 19.1. The Morgan fingerprint density at radius 2 is 1.93 bits per heavy atom. The van der Waals surface area contributed by atoms with Gasteiger partial charge in [-0.05, 0) is 50.6 Å². The van der Waals surface area contributed by atoms with Gasteiger partial charge in [0.15, 0.2) is 17.2 Å². The van der Waals surface area contributed by atoms with Crippen molar-refractivity contribution in [3.8, 4) is 11.5 Å². The molecule has 3 aromatic rings. The number of phenols is 1. The summed E-state index contributed by atoms with van der Waals surface area (Å²) in [4.78, 5) is 14.9. The molecule has 0 saturated carbocycles. The van der Waals surface area contributed by atoms with Crippen LogP contribution in [0.25, 0.3) is 0 Å². The molecule has 1 amide bonds. The van der Waals surface area contributed by atoms with E-state index in [1.807, 2.05) is 51.1 Å². The van der Waals surface area contributed by atoms with Gasteiger partial charge in [0, 0.05) is 16.9 Å². The summed E-state index contributed by atoms with van der Waals surface area (Å²) in [5.74, 6) is 0.339. The molecule has 0 fully saturated rings. The summed E-state index contributed by atoms with van der Waals surface area (Å²) in [6.07, 6.45) is 0. The van der Waals surface area contributed by atoms with Gasteiger partial charge in [0.2, 0.25) is 0 Å². The standard InChI is InChI=1S/C21H21N3O3/c1-4-27-17-11-14(7-10-16(17)25)20-18-13(3)22-23-19(18)21(26)24(20)15-8-5-12(2)6-9-15/h5-11,20,25H,4H2,1-3H3,(H,22,23)/t20-/m0/s1.